The largest absolute Gasteiger partial charge is 0.497 e. The van der Waals surface area contributed by atoms with Gasteiger partial charge in [0, 0.05) is 35.6 Å². The molecule has 3 rings (SSSR count). The Morgan fingerprint density at radius 3 is 2.71 bits per heavy atom. The van der Waals surface area contributed by atoms with Crippen molar-refractivity contribution in [2.45, 2.75) is 24.1 Å². The first-order valence-corrected chi connectivity index (χ1v) is 9.95. The van der Waals surface area contributed by atoms with Crippen molar-refractivity contribution >= 4 is 32.3 Å². The third-order valence-corrected chi connectivity index (χ3v) is 7.10. The van der Waals surface area contributed by atoms with Crippen molar-refractivity contribution in [3.63, 3.8) is 0 Å². The van der Waals surface area contributed by atoms with Crippen LogP contribution in [-0.2, 0) is 30.0 Å². The van der Waals surface area contributed by atoms with Gasteiger partial charge in [-0.15, -0.1) is 11.3 Å². The van der Waals surface area contributed by atoms with Crippen LogP contribution in [0.2, 0.25) is 0 Å². The minimum atomic E-state index is -3.49. The molecule has 0 fully saturated rings. The van der Waals surface area contributed by atoms with Crippen molar-refractivity contribution < 1.29 is 13.2 Å². The first kappa shape index (κ1) is 17.0. The summed E-state index contributed by atoms with van der Waals surface area (Å²) in [6.45, 7) is 2.26. The van der Waals surface area contributed by atoms with Crippen LogP contribution in [0.1, 0.15) is 17.4 Å². The third-order valence-electron chi connectivity index (χ3n) is 3.98. The predicted octanol–water partition coefficient (Wildman–Crippen LogP) is 3.29. The number of aromatic nitrogens is 1. The highest BCUT2D eigenvalue weighted by molar-refractivity contribution is 7.91. The highest BCUT2D eigenvalue weighted by atomic mass is 32.2. The van der Waals surface area contributed by atoms with Gasteiger partial charge in [-0.1, -0.05) is 6.92 Å². The molecule has 0 spiro atoms. The van der Waals surface area contributed by atoms with Crippen LogP contribution in [0.4, 0.5) is 0 Å². The van der Waals surface area contributed by atoms with Crippen LogP contribution in [0.15, 0.2) is 40.7 Å². The van der Waals surface area contributed by atoms with Crippen molar-refractivity contribution in [3.8, 4) is 5.75 Å². The molecule has 2 heterocycles. The van der Waals surface area contributed by atoms with Crippen LogP contribution >= 0.6 is 11.3 Å². The van der Waals surface area contributed by atoms with Gasteiger partial charge in [0.15, 0.2) is 0 Å². The van der Waals surface area contributed by atoms with Gasteiger partial charge in [-0.3, -0.25) is 0 Å². The van der Waals surface area contributed by atoms with Crippen LogP contribution in [0, 0.1) is 0 Å². The molecule has 0 unspecified atom stereocenters. The fraction of sp³-hybridized carbons (Fsp3) is 0.294. The van der Waals surface area contributed by atoms with Crippen molar-refractivity contribution in [2.75, 3.05) is 7.11 Å². The SMILES string of the molecule is CCc1ccc(S(=O)(=O)NCc2cn(C)c3ccc(OC)cc23)s1. The molecule has 24 heavy (non-hydrogen) atoms. The Labute approximate surface area is 145 Å². The molecule has 0 saturated heterocycles. The number of rotatable bonds is 6. The number of fused-ring (bicyclic) bond motifs is 1. The molecule has 5 nitrogen and oxygen atoms in total. The van der Waals surface area contributed by atoms with E-state index in [-0.39, 0.29) is 6.54 Å². The molecule has 0 bridgehead atoms. The van der Waals surface area contributed by atoms with E-state index < -0.39 is 10.0 Å². The van der Waals surface area contributed by atoms with Gasteiger partial charge in [0.2, 0.25) is 10.0 Å². The second kappa shape index (κ2) is 6.58. The van der Waals surface area contributed by atoms with Gasteiger partial charge in [-0.05, 0) is 42.3 Å². The first-order chi connectivity index (χ1) is 11.4. The molecule has 0 amide bonds. The number of aryl methyl sites for hydroxylation is 2. The van der Waals surface area contributed by atoms with E-state index in [1.807, 2.05) is 49.0 Å². The second-order valence-electron chi connectivity index (χ2n) is 5.55. The zero-order valence-corrected chi connectivity index (χ0v) is 15.5. The average Bonchev–Trinajstić information content (AvgIpc) is 3.18. The monoisotopic (exact) mass is 364 g/mol. The van der Waals surface area contributed by atoms with Crippen LogP contribution in [0.5, 0.6) is 5.75 Å². The molecular weight excluding hydrogens is 344 g/mol. The number of hydrogen-bond acceptors (Lipinski definition) is 4. The highest BCUT2D eigenvalue weighted by Gasteiger charge is 2.17. The predicted molar refractivity (Wildman–Crippen MR) is 97.2 cm³/mol. The van der Waals surface area contributed by atoms with Crippen LogP contribution in [-0.4, -0.2) is 20.1 Å². The zero-order valence-electron chi connectivity index (χ0n) is 13.9. The third kappa shape index (κ3) is 3.19. The van der Waals surface area contributed by atoms with E-state index in [4.69, 9.17) is 4.74 Å². The van der Waals surface area contributed by atoms with Crippen LogP contribution in [0.3, 0.4) is 0 Å². The molecule has 0 aliphatic heterocycles. The molecule has 128 valence electrons. The van der Waals surface area contributed by atoms with E-state index in [0.717, 1.165) is 33.5 Å². The van der Waals surface area contributed by atoms with Crippen LogP contribution in [0.25, 0.3) is 10.9 Å². The summed E-state index contributed by atoms with van der Waals surface area (Å²) >= 11 is 1.31. The normalized spacial score (nSPS) is 12.0. The number of thiophene rings is 1. The number of nitrogens with zero attached hydrogens (tertiary/aromatic N) is 1. The number of methoxy groups -OCH3 is 1. The van der Waals surface area contributed by atoms with Crippen LogP contribution < -0.4 is 9.46 Å². The molecule has 0 aliphatic carbocycles. The molecule has 0 saturated carbocycles. The molecule has 7 heteroatoms. The summed E-state index contributed by atoms with van der Waals surface area (Å²) in [6, 6.07) is 9.33. The summed E-state index contributed by atoms with van der Waals surface area (Å²) in [4.78, 5) is 1.06. The van der Waals surface area contributed by atoms with E-state index in [0.29, 0.717) is 4.21 Å². The quantitative estimate of drug-likeness (QED) is 0.730. The Morgan fingerprint density at radius 2 is 2.04 bits per heavy atom. The molecule has 0 aliphatic rings. The number of hydrogen-bond donors (Lipinski definition) is 1. The fourth-order valence-electron chi connectivity index (χ4n) is 2.66. The summed E-state index contributed by atoms with van der Waals surface area (Å²) < 4.78 is 35.3. The number of benzene rings is 1. The number of nitrogens with one attached hydrogen (secondary N) is 1. The second-order valence-corrected chi connectivity index (χ2v) is 8.71. The maximum Gasteiger partial charge on any atom is 0.250 e. The molecule has 0 atom stereocenters. The van der Waals surface area contributed by atoms with Gasteiger partial charge in [0.05, 0.1) is 7.11 Å². The topological polar surface area (TPSA) is 60.3 Å². The fourth-order valence-corrected chi connectivity index (χ4v) is 5.00. The van der Waals surface area contributed by atoms with Gasteiger partial charge in [-0.25, -0.2) is 13.1 Å². The molecule has 1 N–H and O–H groups in total. The lowest BCUT2D eigenvalue weighted by Crippen LogP contribution is -2.22. The lowest BCUT2D eigenvalue weighted by molar-refractivity contribution is 0.415. The molecule has 2 aromatic heterocycles. The van der Waals surface area contributed by atoms with Crippen molar-refractivity contribution in [1.29, 1.82) is 0 Å². The Morgan fingerprint density at radius 1 is 1.25 bits per heavy atom. The Kier molecular flexibility index (Phi) is 4.67. The first-order valence-electron chi connectivity index (χ1n) is 7.65. The van der Waals surface area contributed by atoms with E-state index in [1.165, 1.54) is 11.3 Å². The van der Waals surface area contributed by atoms with Crippen molar-refractivity contribution in [3.05, 3.63) is 47.0 Å². The van der Waals surface area contributed by atoms with Gasteiger partial charge in [-0.2, -0.15) is 0 Å². The number of sulfonamides is 1. The summed E-state index contributed by atoms with van der Waals surface area (Å²) in [5, 5.41) is 0.986. The van der Waals surface area contributed by atoms with E-state index in [2.05, 4.69) is 4.72 Å². The summed E-state index contributed by atoms with van der Waals surface area (Å²) in [7, 11) is 0.0689. The van der Waals surface area contributed by atoms with E-state index in [9.17, 15) is 8.42 Å². The molecule has 0 radical (unpaired) electrons. The number of ether oxygens (including phenoxy) is 1. The minimum absolute atomic E-state index is 0.242. The van der Waals surface area contributed by atoms with Crippen molar-refractivity contribution in [2.24, 2.45) is 7.05 Å². The average molecular weight is 364 g/mol. The lowest BCUT2D eigenvalue weighted by atomic mass is 10.1. The molecular formula is C17H20N2O3S2. The van der Waals surface area contributed by atoms with Gasteiger partial charge in [0.25, 0.3) is 0 Å². The smallest absolute Gasteiger partial charge is 0.250 e. The summed E-state index contributed by atoms with van der Waals surface area (Å²) in [5.41, 5.74) is 1.96. The Hall–Kier alpha value is -1.83. The molecule has 3 aromatic rings. The Balaban J connectivity index is 1.87. The lowest BCUT2D eigenvalue weighted by Gasteiger charge is -2.05. The van der Waals surface area contributed by atoms with Gasteiger partial charge in [0.1, 0.15) is 9.96 Å². The minimum Gasteiger partial charge on any atom is -0.497 e. The molecule has 1 aromatic carbocycles. The van der Waals surface area contributed by atoms with Gasteiger partial charge < -0.3 is 9.30 Å². The van der Waals surface area contributed by atoms with E-state index >= 15 is 0 Å². The Bertz CT molecular complexity index is 971. The van der Waals surface area contributed by atoms with E-state index in [1.54, 1.807) is 13.2 Å². The highest BCUT2D eigenvalue weighted by Crippen LogP contribution is 2.26. The maximum absolute atomic E-state index is 12.5. The van der Waals surface area contributed by atoms with Gasteiger partial charge >= 0.3 is 0 Å². The summed E-state index contributed by atoms with van der Waals surface area (Å²) in [6.07, 6.45) is 2.78. The zero-order chi connectivity index (χ0) is 17.3. The standard InChI is InChI=1S/C17H20N2O3S2/c1-4-14-6-8-17(23-14)24(20,21)18-10-12-11-19(2)16-7-5-13(22-3)9-15(12)16/h5-9,11,18H,4,10H2,1-3H3. The van der Waals surface area contributed by atoms with Crippen molar-refractivity contribution in [1.82, 2.24) is 9.29 Å². The summed E-state index contributed by atoms with van der Waals surface area (Å²) in [5.74, 6) is 0.753. The maximum atomic E-state index is 12.5.